The minimum atomic E-state index is -0.0928. The molecule has 6 nitrogen and oxygen atoms in total. The molecule has 0 atom stereocenters. The molecule has 0 spiro atoms. The summed E-state index contributed by atoms with van der Waals surface area (Å²) in [6, 6.07) is 7.75. The summed E-state index contributed by atoms with van der Waals surface area (Å²) in [5.41, 5.74) is 0.821. The molecule has 4 aromatic rings. The van der Waals surface area contributed by atoms with Gasteiger partial charge in [-0.05, 0) is 36.1 Å². The first-order valence-corrected chi connectivity index (χ1v) is 10.6. The molecule has 0 unspecified atom stereocenters. The molecule has 0 aliphatic rings. The zero-order valence-corrected chi connectivity index (χ0v) is 17.0. The fraction of sp³-hybridized carbons (Fsp3) is 0.200. The molecule has 8 heteroatoms. The molecular weight excluding hydrogens is 390 g/mol. The van der Waals surface area contributed by atoms with Crippen LogP contribution in [0.15, 0.2) is 65.0 Å². The van der Waals surface area contributed by atoms with E-state index in [9.17, 15) is 4.79 Å². The number of aromatic nitrogens is 4. The molecule has 4 rings (SSSR count). The Hall–Kier alpha value is -2.71. The van der Waals surface area contributed by atoms with E-state index in [4.69, 9.17) is 0 Å². The fourth-order valence-corrected chi connectivity index (χ4v) is 4.45. The predicted octanol–water partition coefficient (Wildman–Crippen LogP) is 4.38. The van der Waals surface area contributed by atoms with Gasteiger partial charge in [-0.2, -0.15) is 5.10 Å². The molecule has 1 N–H and O–H groups in total. The van der Waals surface area contributed by atoms with Crippen molar-refractivity contribution in [1.82, 2.24) is 25.1 Å². The third-order valence-electron chi connectivity index (χ3n) is 4.07. The molecular formula is C20H19N5OS2. The number of nitrogens with zero attached hydrogens (tertiary/aromatic N) is 4. The summed E-state index contributed by atoms with van der Waals surface area (Å²) in [5, 5.41) is 8.30. The first-order chi connectivity index (χ1) is 13.7. The molecule has 0 aliphatic carbocycles. The Kier molecular flexibility index (Phi) is 5.68. The van der Waals surface area contributed by atoms with E-state index in [1.165, 1.54) is 11.3 Å². The van der Waals surface area contributed by atoms with Crippen molar-refractivity contribution >= 4 is 39.1 Å². The van der Waals surface area contributed by atoms with Gasteiger partial charge in [-0.15, -0.1) is 11.3 Å². The molecule has 4 aromatic heterocycles. The van der Waals surface area contributed by atoms with E-state index in [1.54, 1.807) is 24.2 Å². The van der Waals surface area contributed by atoms with Crippen molar-refractivity contribution in [2.75, 3.05) is 0 Å². The number of fused-ring (bicyclic) bond motifs is 1. The maximum absolute atomic E-state index is 12.4. The van der Waals surface area contributed by atoms with Gasteiger partial charge in [0.25, 0.3) is 5.91 Å². The summed E-state index contributed by atoms with van der Waals surface area (Å²) >= 11 is 3.07. The molecule has 0 radical (unpaired) electrons. The number of hydrogen-bond donors (Lipinski definition) is 1. The maximum atomic E-state index is 12.4. The number of aryl methyl sites for hydroxylation is 1. The predicted molar refractivity (Wildman–Crippen MR) is 112 cm³/mol. The summed E-state index contributed by atoms with van der Waals surface area (Å²) in [5.74, 6) is -0.0928. The average Bonchev–Trinajstić information content (AvgIpc) is 3.34. The number of amides is 1. The van der Waals surface area contributed by atoms with Crippen molar-refractivity contribution in [1.29, 1.82) is 0 Å². The monoisotopic (exact) mass is 409 g/mol. The molecule has 0 aromatic carbocycles. The lowest BCUT2D eigenvalue weighted by molar-refractivity contribution is 0.0954. The van der Waals surface area contributed by atoms with Crippen molar-refractivity contribution in [3.05, 3.63) is 65.8 Å². The van der Waals surface area contributed by atoms with E-state index in [0.717, 1.165) is 38.5 Å². The number of nitrogens with one attached hydrogen (secondary N) is 1. The first kappa shape index (κ1) is 18.6. The topological polar surface area (TPSA) is 72.7 Å². The van der Waals surface area contributed by atoms with E-state index in [0.29, 0.717) is 11.4 Å². The van der Waals surface area contributed by atoms with Crippen molar-refractivity contribution in [3.8, 4) is 0 Å². The molecule has 0 bridgehead atoms. The van der Waals surface area contributed by atoms with Gasteiger partial charge >= 0.3 is 0 Å². The Bertz CT molecular complexity index is 1050. The van der Waals surface area contributed by atoms with Gasteiger partial charge in [-0.1, -0.05) is 18.7 Å². The third kappa shape index (κ3) is 4.40. The molecule has 1 amide bonds. The van der Waals surface area contributed by atoms with Crippen molar-refractivity contribution < 1.29 is 4.79 Å². The molecule has 0 fully saturated rings. The van der Waals surface area contributed by atoms with E-state index in [1.807, 2.05) is 47.5 Å². The quantitative estimate of drug-likeness (QED) is 0.490. The second-order valence-corrected chi connectivity index (χ2v) is 8.46. The SMILES string of the molecule is CCCn1cc(Sc2ccc(CNC(=O)c3cc4ccncc4s3)nc2)cn1. The van der Waals surface area contributed by atoms with Crippen LogP contribution in [-0.2, 0) is 13.1 Å². The van der Waals surface area contributed by atoms with E-state index in [2.05, 4.69) is 27.3 Å². The van der Waals surface area contributed by atoms with Gasteiger partial charge in [0.05, 0.1) is 32.9 Å². The second kappa shape index (κ2) is 8.53. The van der Waals surface area contributed by atoms with Crippen LogP contribution in [0.2, 0.25) is 0 Å². The minimum absolute atomic E-state index is 0.0928. The highest BCUT2D eigenvalue weighted by molar-refractivity contribution is 7.99. The normalized spacial score (nSPS) is 11.0. The lowest BCUT2D eigenvalue weighted by Crippen LogP contribution is -2.22. The summed E-state index contributed by atoms with van der Waals surface area (Å²) in [6.07, 6.45) is 10.3. The van der Waals surface area contributed by atoms with Gasteiger partial charge < -0.3 is 5.32 Å². The van der Waals surface area contributed by atoms with Crippen LogP contribution < -0.4 is 5.32 Å². The molecule has 0 saturated carbocycles. The van der Waals surface area contributed by atoms with Crippen LogP contribution in [0.3, 0.4) is 0 Å². The zero-order chi connectivity index (χ0) is 19.3. The zero-order valence-electron chi connectivity index (χ0n) is 15.3. The molecule has 4 heterocycles. The number of pyridine rings is 2. The summed E-state index contributed by atoms with van der Waals surface area (Å²) in [4.78, 5) is 23.8. The summed E-state index contributed by atoms with van der Waals surface area (Å²) in [6.45, 7) is 3.45. The number of hydrogen-bond acceptors (Lipinski definition) is 6. The molecule has 0 aliphatic heterocycles. The maximum Gasteiger partial charge on any atom is 0.261 e. The first-order valence-electron chi connectivity index (χ1n) is 8.98. The van der Waals surface area contributed by atoms with E-state index in [-0.39, 0.29) is 5.91 Å². The summed E-state index contributed by atoms with van der Waals surface area (Å²) < 4.78 is 2.96. The van der Waals surface area contributed by atoms with Crippen LogP contribution in [0.5, 0.6) is 0 Å². The van der Waals surface area contributed by atoms with E-state index >= 15 is 0 Å². The van der Waals surface area contributed by atoms with Gasteiger partial charge in [0.1, 0.15) is 0 Å². The van der Waals surface area contributed by atoms with Gasteiger partial charge in [-0.25, -0.2) is 0 Å². The number of rotatable bonds is 7. The number of thiophene rings is 1. The highest BCUT2D eigenvalue weighted by Crippen LogP contribution is 2.27. The van der Waals surface area contributed by atoms with E-state index < -0.39 is 0 Å². The van der Waals surface area contributed by atoms with Crippen LogP contribution in [0.25, 0.3) is 10.1 Å². The fourth-order valence-electron chi connectivity index (χ4n) is 2.71. The van der Waals surface area contributed by atoms with Crippen molar-refractivity contribution in [2.24, 2.45) is 0 Å². The number of carbonyl (C=O) groups is 1. The number of carbonyl (C=O) groups excluding carboxylic acids is 1. The Labute approximate surface area is 171 Å². The smallest absolute Gasteiger partial charge is 0.261 e. The Balaban J connectivity index is 1.34. The standard InChI is InChI=1S/C20H19N5OS2/c1-2-7-25-13-17(11-24-25)27-16-4-3-15(22-10-16)9-23-20(26)18-8-14-5-6-21-12-19(14)28-18/h3-6,8,10-13H,2,7,9H2,1H3,(H,23,26). The van der Waals surface area contributed by atoms with Gasteiger partial charge in [0.15, 0.2) is 0 Å². The van der Waals surface area contributed by atoms with Crippen LogP contribution in [-0.4, -0.2) is 25.7 Å². The Morgan fingerprint density at radius 2 is 2.14 bits per heavy atom. The third-order valence-corrected chi connectivity index (χ3v) is 6.08. The summed E-state index contributed by atoms with van der Waals surface area (Å²) in [7, 11) is 0. The van der Waals surface area contributed by atoms with Crippen molar-refractivity contribution in [2.45, 2.75) is 36.2 Å². The highest BCUT2D eigenvalue weighted by atomic mass is 32.2. The Morgan fingerprint density at radius 3 is 2.93 bits per heavy atom. The lowest BCUT2D eigenvalue weighted by Gasteiger charge is -2.04. The highest BCUT2D eigenvalue weighted by Gasteiger charge is 2.10. The van der Waals surface area contributed by atoms with Gasteiger partial charge in [0, 0.05) is 36.2 Å². The Morgan fingerprint density at radius 1 is 1.21 bits per heavy atom. The largest absolute Gasteiger partial charge is 0.346 e. The van der Waals surface area contributed by atoms with Crippen molar-refractivity contribution in [3.63, 3.8) is 0 Å². The van der Waals surface area contributed by atoms with Gasteiger partial charge in [-0.3, -0.25) is 19.4 Å². The van der Waals surface area contributed by atoms with Crippen LogP contribution in [0.1, 0.15) is 28.7 Å². The lowest BCUT2D eigenvalue weighted by atomic mass is 10.3. The molecule has 142 valence electrons. The average molecular weight is 410 g/mol. The minimum Gasteiger partial charge on any atom is -0.346 e. The second-order valence-electron chi connectivity index (χ2n) is 6.23. The van der Waals surface area contributed by atoms with Crippen LogP contribution >= 0.6 is 23.1 Å². The molecule has 0 saturated heterocycles. The molecule has 28 heavy (non-hydrogen) atoms. The van der Waals surface area contributed by atoms with Crippen LogP contribution in [0, 0.1) is 0 Å². The van der Waals surface area contributed by atoms with Crippen LogP contribution in [0.4, 0.5) is 0 Å². The van der Waals surface area contributed by atoms with Gasteiger partial charge in [0.2, 0.25) is 0 Å².